The molecule has 0 aliphatic carbocycles. The molecule has 0 unspecified atom stereocenters. The first-order chi connectivity index (χ1) is 11.8. The molecule has 2 aromatic heterocycles. The molecule has 130 valence electrons. The first kappa shape index (κ1) is 18.2. The first-order valence-corrected chi connectivity index (χ1v) is 8.57. The predicted molar refractivity (Wildman–Crippen MR) is 100 cm³/mol. The Balaban J connectivity index is 0.000000158. The summed E-state index contributed by atoms with van der Waals surface area (Å²) in [5.74, 6) is 1.05. The van der Waals surface area contributed by atoms with Gasteiger partial charge in [-0.2, -0.15) is 0 Å². The lowest BCUT2D eigenvalue weighted by atomic mass is 10.1. The van der Waals surface area contributed by atoms with Gasteiger partial charge in [-0.15, -0.1) is 0 Å². The van der Waals surface area contributed by atoms with Gasteiger partial charge in [-0.25, -0.2) is 15.8 Å². The molecule has 24 heavy (non-hydrogen) atoms. The van der Waals surface area contributed by atoms with Crippen molar-refractivity contribution in [2.75, 3.05) is 37.2 Å². The van der Waals surface area contributed by atoms with Crippen LogP contribution in [0.1, 0.15) is 25.0 Å². The fourth-order valence-corrected chi connectivity index (χ4v) is 2.73. The summed E-state index contributed by atoms with van der Waals surface area (Å²) in [5, 5.41) is 3.99. The van der Waals surface area contributed by atoms with E-state index in [-0.39, 0.29) is 0 Å². The third-order valence-electron chi connectivity index (χ3n) is 3.92. The van der Waals surface area contributed by atoms with Crippen LogP contribution >= 0.6 is 0 Å². The summed E-state index contributed by atoms with van der Waals surface area (Å²) in [6.45, 7) is 6.03. The molecule has 0 atom stereocenters. The molecular weight excluding hydrogens is 300 g/mol. The van der Waals surface area contributed by atoms with Gasteiger partial charge in [-0.1, -0.05) is 19.9 Å². The Kier molecular flexibility index (Phi) is 6.96. The van der Waals surface area contributed by atoms with Crippen molar-refractivity contribution in [3.8, 4) is 0 Å². The molecule has 6 nitrogen and oxygen atoms in total. The Morgan fingerprint density at radius 3 is 2.33 bits per heavy atom. The van der Waals surface area contributed by atoms with E-state index in [0.29, 0.717) is 0 Å². The minimum absolute atomic E-state index is 1.01. The summed E-state index contributed by atoms with van der Waals surface area (Å²) in [6.07, 6.45) is 7.73. The largest absolute Gasteiger partial charge is 0.310 e. The summed E-state index contributed by atoms with van der Waals surface area (Å²) < 4.78 is 0. The van der Waals surface area contributed by atoms with E-state index in [2.05, 4.69) is 33.0 Å². The van der Waals surface area contributed by atoms with Gasteiger partial charge in [0.1, 0.15) is 5.82 Å². The Morgan fingerprint density at radius 1 is 0.917 bits per heavy atom. The zero-order valence-electron chi connectivity index (χ0n) is 15.1. The van der Waals surface area contributed by atoms with Gasteiger partial charge in [0.05, 0.1) is 11.9 Å². The lowest BCUT2D eigenvalue weighted by Crippen LogP contribution is -2.40. The average molecular weight is 328 g/mol. The number of hydrogen-bond donors (Lipinski definition) is 2. The fourth-order valence-electron chi connectivity index (χ4n) is 2.73. The lowest BCUT2D eigenvalue weighted by molar-refractivity contribution is 0.630. The second-order valence-electron chi connectivity index (χ2n) is 5.42. The van der Waals surface area contributed by atoms with Crippen molar-refractivity contribution in [1.82, 2.24) is 20.8 Å². The van der Waals surface area contributed by atoms with Crippen LogP contribution in [0.5, 0.6) is 0 Å². The molecule has 0 spiro atoms. The highest BCUT2D eigenvalue weighted by Gasteiger charge is 2.12. The van der Waals surface area contributed by atoms with E-state index < -0.39 is 0 Å². The minimum atomic E-state index is 1.01. The molecule has 2 aromatic rings. The van der Waals surface area contributed by atoms with Crippen molar-refractivity contribution in [3.63, 3.8) is 0 Å². The average Bonchev–Trinajstić information content (AvgIpc) is 2.65. The fraction of sp³-hybridized carbons (Fsp3) is 0.444. The number of hydrogen-bond acceptors (Lipinski definition) is 6. The molecular formula is C18H28N6. The molecule has 0 amide bonds. The van der Waals surface area contributed by atoms with Crippen LogP contribution in [0.15, 0.2) is 36.8 Å². The van der Waals surface area contributed by atoms with Gasteiger partial charge in [-0.05, 0) is 36.1 Å². The number of nitrogens with zero attached hydrogens (tertiary/aromatic N) is 4. The number of aromatic nitrogens is 2. The molecule has 4 heterocycles. The molecule has 0 bridgehead atoms. The highest BCUT2D eigenvalue weighted by molar-refractivity contribution is 5.51. The van der Waals surface area contributed by atoms with Crippen LogP contribution < -0.4 is 20.9 Å². The van der Waals surface area contributed by atoms with Crippen molar-refractivity contribution in [1.29, 1.82) is 0 Å². The Labute approximate surface area is 144 Å². The van der Waals surface area contributed by atoms with E-state index in [9.17, 15) is 0 Å². The number of hydrazine groups is 2. The van der Waals surface area contributed by atoms with Crippen molar-refractivity contribution in [2.45, 2.75) is 26.7 Å². The van der Waals surface area contributed by atoms with Crippen molar-refractivity contribution < 1.29 is 0 Å². The topological polar surface area (TPSA) is 56.3 Å². The molecule has 0 aromatic carbocycles. The van der Waals surface area contributed by atoms with Crippen LogP contribution in [0.3, 0.4) is 0 Å². The third kappa shape index (κ3) is 4.43. The number of pyridine rings is 2. The number of nitrogens with one attached hydrogen (secondary N) is 2. The molecule has 0 saturated carbocycles. The summed E-state index contributed by atoms with van der Waals surface area (Å²) >= 11 is 0. The number of anilines is 2. The Morgan fingerprint density at radius 2 is 1.62 bits per heavy atom. The summed E-state index contributed by atoms with van der Waals surface area (Å²) in [6, 6.07) is 6.18. The van der Waals surface area contributed by atoms with E-state index in [4.69, 9.17) is 0 Å². The molecule has 4 rings (SSSR count). The smallest absolute Gasteiger partial charge is 0.145 e. The summed E-state index contributed by atoms with van der Waals surface area (Å²) in [7, 11) is 4.00. The highest BCUT2D eigenvalue weighted by Crippen LogP contribution is 2.19. The maximum Gasteiger partial charge on any atom is 0.145 e. The molecule has 0 radical (unpaired) electrons. The summed E-state index contributed by atoms with van der Waals surface area (Å²) in [4.78, 5) is 8.33. The monoisotopic (exact) mass is 328 g/mol. The van der Waals surface area contributed by atoms with Crippen LogP contribution in [-0.2, 0) is 12.8 Å². The quantitative estimate of drug-likeness (QED) is 0.773. The van der Waals surface area contributed by atoms with Crippen LogP contribution in [-0.4, -0.2) is 37.2 Å². The van der Waals surface area contributed by atoms with Crippen LogP contribution in [0.4, 0.5) is 11.5 Å². The zero-order valence-corrected chi connectivity index (χ0v) is 15.1. The first-order valence-electron chi connectivity index (χ1n) is 8.57. The predicted octanol–water partition coefficient (Wildman–Crippen LogP) is 2.18. The molecule has 2 aliphatic heterocycles. The van der Waals surface area contributed by atoms with Crippen molar-refractivity contribution in [2.24, 2.45) is 0 Å². The van der Waals surface area contributed by atoms with Crippen LogP contribution in [0.25, 0.3) is 0 Å². The Hall–Kier alpha value is -2.18. The third-order valence-corrected chi connectivity index (χ3v) is 3.92. The number of rotatable bonds is 0. The van der Waals surface area contributed by atoms with Gasteiger partial charge in [0.2, 0.25) is 0 Å². The molecule has 2 aliphatic rings. The van der Waals surface area contributed by atoms with Gasteiger partial charge in [0, 0.05) is 39.6 Å². The van der Waals surface area contributed by atoms with E-state index in [1.807, 2.05) is 62.6 Å². The van der Waals surface area contributed by atoms with Gasteiger partial charge in [0.15, 0.2) is 0 Å². The summed E-state index contributed by atoms with van der Waals surface area (Å²) in [5.41, 5.74) is 10.3. The SMILES string of the molecule is CC.CN1NCCc2cccnc21.CN1NCCc2ccncc21. The molecule has 0 fully saturated rings. The Bertz CT molecular complexity index is 575. The maximum atomic E-state index is 4.26. The van der Waals surface area contributed by atoms with E-state index in [1.54, 1.807) is 0 Å². The standard InChI is InChI=1S/2C8H11N3.C2H6/c1-11-8-6-9-4-2-7(8)3-5-10-11;1-11-8-7(4-6-10-11)3-2-5-9-8;1-2/h2,4,6,10H,3,5H2,1H3;2-3,5,10H,4,6H2,1H3;1-2H3. The molecule has 2 N–H and O–H groups in total. The normalized spacial score (nSPS) is 15.2. The van der Waals surface area contributed by atoms with Crippen molar-refractivity contribution >= 4 is 11.5 Å². The molecule has 0 saturated heterocycles. The van der Waals surface area contributed by atoms with Crippen molar-refractivity contribution in [3.05, 3.63) is 47.9 Å². The highest BCUT2D eigenvalue weighted by atomic mass is 15.5. The van der Waals surface area contributed by atoms with Gasteiger partial charge in [0.25, 0.3) is 0 Å². The van der Waals surface area contributed by atoms with Gasteiger partial charge in [-0.3, -0.25) is 9.99 Å². The van der Waals surface area contributed by atoms with Gasteiger partial charge < -0.3 is 5.01 Å². The van der Waals surface area contributed by atoms with Crippen LogP contribution in [0, 0.1) is 0 Å². The molecule has 6 heteroatoms. The minimum Gasteiger partial charge on any atom is -0.310 e. The van der Waals surface area contributed by atoms with Gasteiger partial charge >= 0.3 is 0 Å². The second kappa shape index (κ2) is 9.20. The van der Waals surface area contributed by atoms with E-state index in [0.717, 1.165) is 31.7 Å². The second-order valence-corrected chi connectivity index (χ2v) is 5.42. The van der Waals surface area contributed by atoms with E-state index in [1.165, 1.54) is 16.8 Å². The maximum absolute atomic E-state index is 4.26. The zero-order chi connectivity index (χ0) is 17.4. The number of fused-ring (bicyclic) bond motifs is 2. The lowest BCUT2D eigenvalue weighted by Gasteiger charge is -2.27. The van der Waals surface area contributed by atoms with Crippen LogP contribution in [0.2, 0.25) is 0 Å². The van der Waals surface area contributed by atoms with E-state index >= 15 is 0 Å².